The van der Waals surface area contributed by atoms with Crippen molar-refractivity contribution in [3.8, 4) is 0 Å². The van der Waals surface area contributed by atoms with Gasteiger partial charge in [0.2, 0.25) is 0 Å². The van der Waals surface area contributed by atoms with Crippen LogP contribution in [0.25, 0.3) is 0 Å². The first-order chi connectivity index (χ1) is 4.30. The van der Waals surface area contributed by atoms with Gasteiger partial charge in [-0.05, 0) is 12.8 Å². The van der Waals surface area contributed by atoms with Gasteiger partial charge in [0.05, 0.1) is 5.92 Å². The monoisotopic (exact) mass is 270 g/mol. The maximum absolute atomic E-state index is 10.4. The number of carboxylic acid groups (broad SMARTS) is 1. The molecule has 0 spiro atoms. The molecule has 0 heterocycles. The Morgan fingerprint density at radius 1 is 1.20 bits per heavy atom. The van der Waals surface area contributed by atoms with Gasteiger partial charge in [-0.2, -0.15) is 0 Å². The summed E-state index contributed by atoms with van der Waals surface area (Å²) in [6.07, 6.45) is 5.24. The maximum Gasteiger partial charge on any atom is 0.306 e. The second-order valence-electron chi connectivity index (χ2n) is 2.67. The molecule has 0 aromatic rings. The van der Waals surface area contributed by atoms with Gasteiger partial charge in [-0.1, -0.05) is 19.3 Å². The first kappa shape index (κ1) is 10.8. The molecule has 0 saturated heterocycles. The quantitative estimate of drug-likeness (QED) is 0.788. The number of hydrogen-bond donors (Lipinski definition) is 1. The van der Waals surface area contributed by atoms with E-state index in [0.717, 1.165) is 25.7 Å². The Morgan fingerprint density at radius 3 is 2.00 bits per heavy atom. The van der Waals surface area contributed by atoms with Gasteiger partial charge >= 0.3 is 5.97 Å². The van der Waals surface area contributed by atoms with E-state index in [9.17, 15) is 4.79 Å². The topological polar surface area (TPSA) is 37.3 Å². The van der Waals surface area contributed by atoms with Crippen molar-refractivity contribution in [3.63, 3.8) is 0 Å². The fourth-order valence-corrected chi connectivity index (χ4v) is 1.35. The molecule has 0 aromatic heterocycles. The van der Waals surface area contributed by atoms with Gasteiger partial charge in [-0.15, -0.1) is 0 Å². The Morgan fingerprint density at radius 2 is 1.70 bits per heavy atom. The van der Waals surface area contributed by atoms with Crippen LogP contribution < -0.4 is 0 Å². The van der Waals surface area contributed by atoms with Gasteiger partial charge in [0.25, 0.3) is 0 Å². The minimum absolute atomic E-state index is 0. The molecule has 0 aromatic carbocycles. The number of carboxylic acids is 1. The molecule has 1 fully saturated rings. The van der Waals surface area contributed by atoms with Crippen molar-refractivity contribution >= 4 is 5.97 Å². The van der Waals surface area contributed by atoms with Gasteiger partial charge in [0, 0.05) is 40.8 Å². The fraction of sp³-hybridized carbons (Fsp3) is 0.857. The smallest absolute Gasteiger partial charge is 0.306 e. The van der Waals surface area contributed by atoms with Crippen LogP contribution >= 0.6 is 0 Å². The van der Waals surface area contributed by atoms with Crippen molar-refractivity contribution in [2.75, 3.05) is 0 Å². The first-order valence-corrected chi connectivity index (χ1v) is 3.53. The van der Waals surface area contributed by atoms with Crippen LogP contribution in [0, 0.1) is 46.8 Å². The van der Waals surface area contributed by atoms with E-state index in [1.807, 2.05) is 0 Å². The van der Waals surface area contributed by atoms with Gasteiger partial charge in [0.1, 0.15) is 0 Å². The van der Waals surface area contributed by atoms with E-state index in [4.69, 9.17) is 5.11 Å². The van der Waals surface area contributed by atoms with E-state index >= 15 is 0 Å². The molecule has 3 heteroatoms. The van der Waals surface area contributed by atoms with E-state index in [1.165, 1.54) is 6.42 Å². The third-order valence-electron chi connectivity index (χ3n) is 1.95. The summed E-state index contributed by atoms with van der Waals surface area (Å²) in [5.74, 6) is -0.631. The van der Waals surface area contributed by atoms with E-state index in [1.54, 1.807) is 0 Å². The molecule has 0 atom stereocenters. The van der Waals surface area contributed by atoms with E-state index in [0.29, 0.717) is 0 Å². The zero-order chi connectivity index (χ0) is 6.69. The average Bonchev–Trinajstić information content (AvgIpc) is 1.90. The van der Waals surface area contributed by atoms with Crippen LogP contribution in [-0.4, -0.2) is 11.1 Å². The van der Waals surface area contributed by atoms with Crippen molar-refractivity contribution in [1.29, 1.82) is 0 Å². The van der Waals surface area contributed by atoms with Crippen molar-refractivity contribution in [2.45, 2.75) is 32.1 Å². The molecule has 1 rings (SSSR count). The molecule has 0 radical (unpaired) electrons. The normalized spacial score (nSPS) is 19.6. The Labute approximate surface area is 93.9 Å². The van der Waals surface area contributed by atoms with Crippen LogP contribution in [0.1, 0.15) is 32.1 Å². The third-order valence-corrected chi connectivity index (χ3v) is 1.95. The van der Waals surface area contributed by atoms with Crippen molar-refractivity contribution < 1.29 is 50.7 Å². The SMILES string of the molecule is O=C(O)C1CCCCC1.[Nd]. The van der Waals surface area contributed by atoms with E-state index < -0.39 is 5.97 Å². The molecular formula is C7H12NdO2. The number of rotatable bonds is 1. The van der Waals surface area contributed by atoms with Crippen molar-refractivity contribution in [3.05, 3.63) is 0 Å². The Balaban J connectivity index is 0.000000810. The predicted octanol–water partition coefficient (Wildman–Crippen LogP) is 1.65. The molecule has 0 amide bonds. The van der Waals surface area contributed by atoms with Crippen molar-refractivity contribution in [1.82, 2.24) is 0 Å². The summed E-state index contributed by atoms with van der Waals surface area (Å²) >= 11 is 0. The largest absolute Gasteiger partial charge is 0.481 e. The number of hydrogen-bond acceptors (Lipinski definition) is 1. The molecule has 10 heavy (non-hydrogen) atoms. The average molecular weight is 272 g/mol. The summed E-state index contributed by atoms with van der Waals surface area (Å²) in [6, 6.07) is 0. The van der Waals surface area contributed by atoms with Crippen LogP contribution in [-0.2, 0) is 4.79 Å². The summed E-state index contributed by atoms with van der Waals surface area (Å²) in [4.78, 5) is 10.4. The van der Waals surface area contributed by atoms with Gasteiger partial charge < -0.3 is 5.11 Å². The Bertz CT molecular complexity index is 108. The number of carbonyl (C=O) groups is 1. The van der Waals surface area contributed by atoms with Gasteiger partial charge in [-0.25, -0.2) is 0 Å². The van der Waals surface area contributed by atoms with Crippen molar-refractivity contribution in [2.24, 2.45) is 5.92 Å². The molecule has 0 unspecified atom stereocenters. The molecule has 1 aliphatic rings. The molecule has 0 aliphatic heterocycles. The summed E-state index contributed by atoms with van der Waals surface area (Å²) in [5, 5.41) is 8.54. The second kappa shape index (κ2) is 5.47. The van der Waals surface area contributed by atoms with Gasteiger partial charge in [-0.3, -0.25) is 4.79 Å². The molecule has 1 aliphatic carbocycles. The predicted molar refractivity (Wildman–Crippen MR) is 34.2 cm³/mol. The zero-order valence-corrected chi connectivity index (χ0v) is 9.18. The second-order valence-corrected chi connectivity index (χ2v) is 2.67. The number of aliphatic carboxylic acids is 1. The maximum atomic E-state index is 10.4. The summed E-state index contributed by atoms with van der Waals surface area (Å²) in [5.41, 5.74) is 0. The Kier molecular flexibility index (Phi) is 5.92. The van der Waals surface area contributed by atoms with E-state index in [2.05, 4.69) is 0 Å². The van der Waals surface area contributed by atoms with Crippen LogP contribution in [0.15, 0.2) is 0 Å². The summed E-state index contributed by atoms with van der Waals surface area (Å²) in [6.45, 7) is 0. The first-order valence-electron chi connectivity index (χ1n) is 3.53. The molecule has 0 bridgehead atoms. The van der Waals surface area contributed by atoms with Gasteiger partial charge in [0.15, 0.2) is 0 Å². The van der Waals surface area contributed by atoms with E-state index in [-0.39, 0.29) is 46.8 Å². The molecule has 2 nitrogen and oxygen atoms in total. The van der Waals surface area contributed by atoms with Crippen LogP contribution in [0.4, 0.5) is 0 Å². The zero-order valence-electron chi connectivity index (χ0n) is 5.97. The minimum Gasteiger partial charge on any atom is -0.481 e. The molecular weight excluding hydrogens is 260 g/mol. The molecule has 1 saturated carbocycles. The molecule has 56 valence electrons. The fourth-order valence-electron chi connectivity index (χ4n) is 1.35. The minimum atomic E-state index is -0.602. The van der Waals surface area contributed by atoms with Crippen LogP contribution in [0.3, 0.4) is 0 Å². The van der Waals surface area contributed by atoms with Crippen LogP contribution in [0.2, 0.25) is 0 Å². The third kappa shape index (κ3) is 3.28. The Hall–Kier alpha value is 0.821. The summed E-state index contributed by atoms with van der Waals surface area (Å²) < 4.78 is 0. The van der Waals surface area contributed by atoms with Crippen LogP contribution in [0.5, 0.6) is 0 Å². The molecule has 1 N–H and O–H groups in total. The standard InChI is InChI=1S/C7H12O2.Nd/c8-7(9)6-4-2-1-3-5-6;/h6H,1-5H2,(H,8,9);. The summed E-state index contributed by atoms with van der Waals surface area (Å²) in [7, 11) is 0.